The number of furan rings is 1. The highest BCUT2D eigenvalue weighted by Crippen LogP contribution is 2.21. The molecule has 1 fully saturated rings. The van der Waals surface area contributed by atoms with E-state index in [0.717, 1.165) is 26.3 Å². The summed E-state index contributed by atoms with van der Waals surface area (Å²) in [5.41, 5.74) is 1.80. The number of hydrogen-bond donors (Lipinski definition) is 1. The number of hydrogen-bond acceptors (Lipinski definition) is 4. The Bertz CT molecular complexity index is 633. The number of morpholine rings is 1. The molecular formula is C18H22N2O3. The normalized spacial score (nSPS) is 16.9. The molecule has 2 aromatic rings. The zero-order valence-electron chi connectivity index (χ0n) is 13.3. The van der Waals surface area contributed by atoms with Gasteiger partial charge in [-0.3, -0.25) is 9.69 Å². The molecule has 2 heterocycles. The van der Waals surface area contributed by atoms with Gasteiger partial charge in [-0.25, -0.2) is 0 Å². The molecule has 1 aliphatic rings. The highest BCUT2D eigenvalue weighted by Gasteiger charge is 2.23. The maximum Gasteiger partial charge on any atom is 0.254 e. The van der Waals surface area contributed by atoms with Crippen LogP contribution < -0.4 is 5.32 Å². The largest absolute Gasteiger partial charge is 0.469 e. The molecule has 1 amide bonds. The van der Waals surface area contributed by atoms with Crippen LogP contribution >= 0.6 is 0 Å². The van der Waals surface area contributed by atoms with E-state index in [0.29, 0.717) is 17.9 Å². The average molecular weight is 314 g/mol. The Morgan fingerprint density at radius 2 is 1.96 bits per heavy atom. The van der Waals surface area contributed by atoms with Crippen molar-refractivity contribution >= 4 is 5.91 Å². The summed E-state index contributed by atoms with van der Waals surface area (Å²) in [7, 11) is 0. The molecule has 1 atom stereocenters. The Kier molecular flexibility index (Phi) is 5.10. The first-order valence-corrected chi connectivity index (χ1v) is 7.95. The van der Waals surface area contributed by atoms with E-state index in [-0.39, 0.29) is 11.9 Å². The molecule has 1 saturated heterocycles. The smallest absolute Gasteiger partial charge is 0.254 e. The number of ether oxygens (including phenoxy) is 1. The molecule has 5 nitrogen and oxygen atoms in total. The summed E-state index contributed by atoms with van der Waals surface area (Å²) in [4.78, 5) is 14.7. The number of nitrogens with zero attached hydrogens (tertiary/aromatic N) is 1. The molecule has 1 unspecified atom stereocenters. The Balaban J connectivity index is 1.71. The van der Waals surface area contributed by atoms with Crippen LogP contribution in [0.4, 0.5) is 0 Å². The lowest BCUT2D eigenvalue weighted by Gasteiger charge is -2.34. The molecule has 23 heavy (non-hydrogen) atoms. The number of carbonyl (C=O) groups is 1. The number of aryl methyl sites for hydroxylation is 1. The van der Waals surface area contributed by atoms with Crippen LogP contribution in [0.1, 0.15) is 27.7 Å². The molecule has 1 aromatic carbocycles. The summed E-state index contributed by atoms with van der Waals surface area (Å²) in [5, 5.41) is 3.04. The molecule has 0 aliphatic carbocycles. The van der Waals surface area contributed by atoms with Gasteiger partial charge in [0.1, 0.15) is 5.76 Å². The Morgan fingerprint density at radius 1 is 1.22 bits per heavy atom. The fourth-order valence-electron chi connectivity index (χ4n) is 2.93. The molecular weight excluding hydrogens is 292 g/mol. The van der Waals surface area contributed by atoms with Crippen LogP contribution in [0.2, 0.25) is 0 Å². The summed E-state index contributed by atoms with van der Waals surface area (Å²) in [6.07, 6.45) is 1.54. The van der Waals surface area contributed by atoms with Crippen molar-refractivity contribution in [2.45, 2.75) is 13.0 Å². The fraction of sp³-hybridized carbons (Fsp3) is 0.389. The van der Waals surface area contributed by atoms with Gasteiger partial charge < -0.3 is 14.5 Å². The average Bonchev–Trinajstić information content (AvgIpc) is 3.03. The molecule has 1 aromatic heterocycles. The highest BCUT2D eigenvalue weighted by molar-refractivity contribution is 5.95. The van der Waals surface area contributed by atoms with Gasteiger partial charge in [-0.15, -0.1) is 0 Å². The maximum absolute atomic E-state index is 12.3. The van der Waals surface area contributed by atoms with Gasteiger partial charge in [0.25, 0.3) is 5.91 Å². The molecule has 0 spiro atoms. The van der Waals surface area contributed by atoms with E-state index in [2.05, 4.69) is 22.3 Å². The van der Waals surface area contributed by atoms with Crippen molar-refractivity contribution in [2.75, 3.05) is 32.8 Å². The third-order valence-corrected chi connectivity index (χ3v) is 4.23. The number of amides is 1. The molecule has 5 heteroatoms. The third kappa shape index (κ3) is 3.81. The predicted molar refractivity (Wildman–Crippen MR) is 87.4 cm³/mol. The minimum absolute atomic E-state index is 0.0922. The number of carbonyl (C=O) groups excluding carboxylic acids is 1. The van der Waals surface area contributed by atoms with Crippen molar-refractivity contribution in [3.63, 3.8) is 0 Å². The number of benzene rings is 1. The van der Waals surface area contributed by atoms with Gasteiger partial charge in [0, 0.05) is 19.6 Å². The molecule has 1 aliphatic heterocycles. The van der Waals surface area contributed by atoms with Gasteiger partial charge in [-0.1, -0.05) is 30.3 Å². The van der Waals surface area contributed by atoms with Gasteiger partial charge in [0.2, 0.25) is 0 Å². The summed E-state index contributed by atoms with van der Waals surface area (Å²) < 4.78 is 10.7. The van der Waals surface area contributed by atoms with Crippen LogP contribution in [0.3, 0.4) is 0 Å². The lowest BCUT2D eigenvalue weighted by atomic mass is 10.0. The van der Waals surface area contributed by atoms with Crippen molar-refractivity contribution in [1.82, 2.24) is 10.2 Å². The summed E-state index contributed by atoms with van der Waals surface area (Å²) >= 11 is 0. The number of nitrogens with one attached hydrogen (secondary N) is 1. The first-order chi connectivity index (χ1) is 11.3. The lowest BCUT2D eigenvalue weighted by molar-refractivity contribution is 0.0162. The van der Waals surface area contributed by atoms with Crippen molar-refractivity contribution < 1.29 is 13.9 Å². The second-order valence-electron chi connectivity index (χ2n) is 5.68. The van der Waals surface area contributed by atoms with E-state index in [1.165, 1.54) is 5.56 Å². The molecule has 3 rings (SSSR count). The van der Waals surface area contributed by atoms with E-state index in [9.17, 15) is 4.79 Å². The molecule has 0 bridgehead atoms. The second kappa shape index (κ2) is 7.44. The van der Waals surface area contributed by atoms with Crippen molar-refractivity contribution in [1.29, 1.82) is 0 Å². The zero-order valence-corrected chi connectivity index (χ0v) is 13.3. The monoisotopic (exact) mass is 314 g/mol. The minimum Gasteiger partial charge on any atom is -0.469 e. The Morgan fingerprint density at radius 3 is 2.61 bits per heavy atom. The first kappa shape index (κ1) is 15.8. The quantitative estimate of drug-likeness (QED) is 0.921. The maximum atomic E-state index is 12.3. The molecule has 0 saturated carbocycles. The van der Waals surface area contributed by atoms with E-state index in [1.54, 1.807) is 19.3 Å². The van der Waals surface area contributed by atoms with Crippen LogP contribution in [-0.2, 0) is 4.74 Å². The summed E-state index contributed by atoms with van der Waals surface area (Å²) in [5.74, 6) is 0.551. The Hall–Kier alpha value is -2.11. The van der Waals surface area contributed by atoms with Crippen LogP contribution in [-0.4, -0.2) is 43.7 Å². The molecule has 122 valence electrons. The van der Waals surface area contributed by atoms with Crippen LogP contribution in [0, 0.1) is 6.92 Å². The predicted octanol–water partition coefficient (Wildman–Crippen LogP) is 2.39. The van der Waals surface area contributed by atoms with Gasteiger partial charge in [-0.05, 0) is 18.6 Å². The van der Waals surface area contributed by atoms with E-state index in [4.69, 9.17) is 9.15 Å². The topological polar surface area (TPSA) is 54.7 Å². The standard InChI is InChI=1S/C18H22N2O3/c1-14-16(7-10-23-14)18(21)19-13-17(15-5-3-2-4-6-15)20-8-11-22-12-9-20/h2-7,10,17H,8-9,11-13H2,1H3,(H,19,21). The highest BCUT2D eigenvalue weighted by atomic mass is 16.5. The van der Waals surface area contributed by atoms with Crippen LogP contribution in [0.25, 0.3) is 0 Å². The van der Waals surface area contributed by atoms with Crippen molar-refractivity contribution in [2.24, 2.45) is 0 Å². The second-order valence-corrected chi connectivity index (χ2v) is 5.68. The Labute approximate surface area is 136 Å². The van der Waals surface area contributed by atoms with Gasteiger partial charge in [0.15, 0.2) is 0 Å². The van der Waals surface area contributed by atoms with Gasteiger partial charge in [-0.2, -0.15) is 0 Å². The van der Waals surface area contributed by atoms with Gasteiger partial charge in [0.05, 0.1) is 31.1 Å². The van der Waals surface area contributed by atoms with E-state index < -0.39 is 0 Å². The minimum atomic E-state index is -0.0922. The van der Waals surface area contributed by atoms with Crippen molar-refractivity contribution in [3.05, 3.63) is 59.5 Å². The summed E-state index contributed by atoms with van der Waals surface area (Å²) in [6, 6.07) is 12.1. The molecule has 1 N–H and O–H groups in total. The zero-order chi connectivity index (χ0) is 16.1. The summed E-state index contributed by atoms with van der Waals surface area (Å²) in [6.45, 7) is 5.58. The van der Waals surface area contributed by atoms with Crippen LogP contribution in [0.15, 0.2) is 47.1 Å². The molecule has 0 radical (unpaired) electrons. The lowest BCUT2D eigenvalue weighted by Crippen LogP contribution is -2.43. The van der Waals surface area contributed by atoms with E-state index in [1.807, 2.05) is 18.2 Å². The van der Waals surface area contributed by atoms with E-state index >= 15 is 0 Å². The fourth-order valence-corrected chi connectivity index (χ4v) is 2.93. The van der Waals surface area contributed by atoms with Crippen LogP contribution in [0.5, 0.6) is 0 Å². The SMILES string of the molecule is Cc1occc1C(=O)NCC(c1ccccc1)N1CCOCC1. The third-order valence-electron chi connectivity index (χ3n) is 4.23. The van der Waals surface area contributed by atoms with Crippen molar-refractivity contribution in [3.8, 4) is 0 Å². The first-order valence-electron chi connectivity index (χ1n) is 7.95. The van der Waals surface area contributed by atoms with Gasteiger partial charge >= 0.3 is 0 Å². The number of rotatable bonds is 5.